The molecule has 0 bridgehead atoms. The monoisotopic (exact) mass is 327 g/mol. The standard InChI is InChI=1S/C15H25N3O5/c1-14(2,3)23-13(22)18-8-15(9-18,6-12(20)21)17-10-4-5-11(19)16-7-10/h10,17H,4-9H2,1-3H3,(H,16,19)(H,20,21). The molecule has 2 aliphatic rings. The smallest absolute Gasteiger partial charge is 0.410 e. The Labute approximate surface area is 135 Å². The maximum absolute atomic E-state index is 12.0. The summed E-state index contributed by atoms with van der Waals surface area (Å²) in [7, 11) is 0. The number of nitrogens with one attached hydrogen (secondary N) is 2. The lowest BCUT2D eigenvalue weighted by Crippen LogP contribution is -2.73. The van der Waals surface area contributed by atoms with Crippen LogP contribution in [-0.2, 0) is 14.3 Å². The van der Waals surface area contributed by atoms with Crippen molar-refractivity contribution in [2.45, 2.75) is 57.2 Å². The predicted molar refractivity (Wildman–Crippen MR) is 82.0 cm³/mol. The second kappa shape index (κ2) is 6.35. The lowest BCUT2D eigenvalue weighted by atomic mass is 9.85. The Hall–Kier alpha value is -1.83. The fraction of sp³-hybridized carbons (Fsp3) is 0.800. The second-order valence-corrected chi connectivity index (χ2v) is 7.37. The van der Waals surface area contributed by atoms with Crippen LogP contribution in [0.3, 0.4) is 0 Å². The maximum Gasteiger partial charge on any atom is 0.410 e. The highest BCUT2D eigenvalue weighted by Crippen LogP contribution is 2.28. The van der Waals surface area contributed by atoms with Gasteiger partial charge in [0.2, 0.25) is 5.91 Å². The average molecular weight is 327 g/mol. The average Bonchev–Trinajstić information content (AvgIpc) is 2.35. The van der Waals surface area contributed by atoms with Gasteiger partial charge in [-0.15, -0.1) is 0 Å². The highest BCUT2D eigenvalue weighted by atomic mass is 16.6. The van der Waals surface area contributed by atoms with Gasteiger partial charge in [0.1, 0.15) is 5.60 Å². The SMILES string of the molecule is CC(C)(C)OC(=O)N1CC(CC(=O)O)(NC2CCC(=O)NC2)C1. The van der Waals surface area contributed by atoms with Gasteiger partial charge in [-0.2, -0.15) is 0 Å². The number of likely N-dealkylation sites (tertiary alicyclic amines) is 1. The van der Waals surface area contributed by atoms with E-state index in [0.717, 1.165) is 0 Å². The van der Waals surface area contributed by atoms with Gasteiger partial charge in [0, 0.05) is 32.1 Å². The van der Waals surface area contributed by atoms with Crippen LogP contribution in [0.5, 0.6) is 0 Å². The highest BCUT2D eigenvalue weighted by molar-refractivity contribution is 5.77. The Kier molecular flexibility index (Phi) is 4.84. The van der Waals surface area contributed by atoms with Gasteiger partial charge in [-0.1, -0.05) is 0 Å². The molecule has 130 valence electrons. The molecule has 1 atom stereocenters. The van der Waals surface area contributed by atoms with Crippen LogP contribution in [0.4, 0.5) is 4.79 Å². The van der Waals surface area contributed by atoms with Crippen LogP contribution in [0.1, 0.15) is 40.0 Å². The third kappa shape index (κ3) is 4.82. The number of amides is 2. The number of carbonyl (C=O) groups excluding carboxylic acids is 2. The van der Waals surface area contributed by atoms with Gasteiger partial charge in [-0.3, -0.25) is 9.59 Å². The van der Waals surface area contributed by atoms with Crippen LogP contribution in [-0.4, -0.2) is 64.8 Å². The van der Waals surface area contributed by atoms with Gasteiger partial charge in [0.25, 0.3) is 0 Å². The molecule has 0 saturated carbocycles. The summed E-state index contributed by atoms with van der Waals surface area (Å²) < 4.78 is 5.30. The molecule has 3 N–H and O–H groups in total. The summed E-state index contributed by atoms with van der Waals surface area (Å²) >= 11 is 0. The highest BCUT2D eigenvalue weighted by Gasteiger charge is 2.49. The summed E-state index contributed by atoms with van der Waals surface area (Å²) in [5.41, 5.74) is -1.24. The van der Waals surface area contributed by atoms with Crippen molar-refractivity contribution in [1.29, 1.82) is 0 Å². The van der Waals surface area contributed by atoms with Crippen molar-refractivity contribution in [3.63, 3.8) is 0 Å². The van der Waals surface area contributed by atoms with E-state index in [0.29, 0.717) is 32.5 Å². The van der Waals surface area contributed by atoms with E-state index in [1.54, 1.807) is 20.8 Å². The molecule has 0 aliphatic carbocycles. The first kappa shape index (κ1) is 17.5. The molecule has 2 heterocycles. The van der Waals surface area contributed by atoms with Gasteiger partial charge >= 0.3 is 12.1 Å². The van der Waals surface area contributed by atoms with Crippen LogP contribution >= 0.6 is 0 Å². The van der Waals surface area contributed by atoms with E-state index in [2.05, 4.69) is 10.6 Å². The van der Waals surface area contributed by atoms with Crippen LogP contribution in [0.25, 0.3) is 0 Å². The molecule has 2 fully saturated rings. The molecule has 0 aromatic carbocycles. The molecule has 2 aliphatic heterocycles. The van der Waals surface area contributed by atoms with Crippen molar-refractivity contribution >= 4 is 18.0 Å². The molecule has 2 amide bonds. The van der Waals surface area contributed by atoms with E-state index in [-0.39, 0.29) is 18.4 Å². The minimum atomic E-state index is -0.916. The largest absolute Gasteiger partial charge is 0.481 e. The van der Waals surface area contributed by atoms with E-state index in [4.69, 9.17) is 9.84 Å². The van der Waals surface area contributed by atoms with Crippen molar-refractivity contribution in [3.8, 4) is 0 Å². The van der Waals surface area contributed by atoms with E-state index in [1.165, 1.54) is 4.90 Å². The number of piperidine rings is 1. The van der Waals surface area contributed by atoms with Crippen molar-refractivity contribution in [2.75, 3.05) is 19.6 Å². The van der Waals surface area contributed by atoms with Crippen LogP contribution in [0.2, 0.25) is 0 Å². The minimum Gasteiger partial charge on any atom is -0.481 e. The molecule has 0 radical (unpaired) electrons. The lowest BCUT2D eigenvalue weighted by Gasteiger charge is -2.51. The number of carboxylic acid groups (broad SMARTS) is 1. The molecule has 0 aromatic rings. The third-order valence-corrected chi connectivity index (χ3v) is 3.90. The van der Waals surface area contributed by atoms with E-state index >= 15 is 0 Å². The zero-order valence-corrected chi connectivity index (χ0v) is 13.8. The Morgan fingerprint density at radius 1 is 1.43 bits per heavy atom. The number of carboxylic acids is 1. The van der Waals surface area contributed by atoms with Gasteiger partial charge in [0.05, 0.1) is 12.0 Å². The Morgan fingerprint density at radius 2 is 2.09 bits per heavy atom. The fourth-order valence-electron chi connectivity index (χ4n) is 2.97. The van der Waals surface area contributed by atoms with Gasteiger partial charge in [-0.25, -0.2) is 4.79 Å². The summed E-state index contributed by atoms with van der Waals surface area (Å²) in [4.78, 5) is 35.9. The van der Waals surface area contributed by atoms with Crippen molar-refractivity contribution in [1.82, 2.24) is 15.5 Å². The number of ether oxygens (including phenoxy) is 1. The van der Waals surface area contributed by atoms with E-state index in [1.807, 2.05) is 0 Å². The number of carbonyl (C=O) groups is 3. The molecule has 8 heteroatoms. The molecule has 23 heavy (non-hydrogen) atoms. The molecule has 2 saturated heterocycles. The summed E-state index contributed by atoms with van der Waals surface area (Å²) in [6.07, 6.45) is 0.588. The predicted octanol–water partition coefficient (Wildman–Crippen LogP) is 0.319. The van der Waals surface area contributed by atoms with Crippen LogP contribution in [0.15, 0.2) is 0 Å². The van der Waals surface area contributed by atoms with Crippen LogP contribution < -0.4 is 10.6 Å². The summed E-state index contributed by atoms with van der Waals surface area (Å²) in [6.45, 7) is 6.43. The Balaban J connectivity index is 1.93. The van der Waals surface area contributed by atoms with Crippen molar-refractivity contribution < 1.29 is 24.2 Å². The van der Waals surface area contributed by atoms with Crippen molar-refractivity contribution in [2.24, 2.45) is 0 Å². The maximum atomic E-state index is 12.0. The molecule has 8 nitrogen and oxygen atoms in total. The normalized spacial score (nSPS) is 23.7. The first-order chi connectivity index (χ1) is 10.6. The minimum absolute atomic E-state index is 0.0133. The van der Waals surface area contributed by atoms with E-state index < -0.39 is 23.2 Å². The zero-order valence-electron chi connectivity index (χ0n) is 13.8. The zero-order chi connectivity index (χ0) is 17.3. The van der Waals surface area contributed by atoms with Crippen molar-refractivity contribution in [3.05, 3.63) is 0 Å². The Morgan fingerprint density at radius 3 is 2.57 bits per heavy atom. The molecule has 2 rings (SSSR count). The number of hydrogen-bond donors (Lipinski definition) is 3. The van der Waals surface area contributed by atoms with Gasteiger partial charge < -0.3 is 25.4 Å². The summed E-state index contributed by atoms with van der Waals surface area (Å²) in [5, 5.41) is 15.2. The molecular weight excluding hydrogens is 302 g/mol. The number of hydrogen-bond acceptors (Lipinski definition) is 5. The summed E-state index contributed by atoms with van der Waals surface area (Å²) in [6, 6.07) is 0.0211. The van der Waals surface area contributed by atoms with Gasteiger partial charge in [-0.05, 0) is 27.2 Å². The van der Waals surface area contributed by atoms with Crippen LogP contribution in [0, 0.1) is 0 Å². The quantitative estimate of drug-likeness (QED) is 0.686. The first-order valence-electron chi connectivity index (χ1n) is 7.83. The van der Waals surface area contributed by atoms with Gasteiger partial charge in [0.15, 0.2) is 0 Å². The molecular formula is C15H25N3O5. The topological polar surface area (TPSA) is 108 Å². The fourth-order valence-corrected chi connectivity index (χ4v) is 2.97. The first-order valence-corrected chi connectivity index (χ1v) is 7.83. The summed E-state index contributed by atoms with van der Waals surface area (Å²) in [5.74, 6) is -0.902. The third-order valence-electron chi connectivity index (χ3n) is 3.90. The molecule has 0 aromatic heterocycles. The number of rotatable bonds is 4. The molecule has 1 unspecified atom stereocenters. The molecule has 0 spiro atoms. The van der Waals surface area contributed by atoms with E-state index in [9.17, 15) is 14.4 Å². The lowest BCUT2D eigenvalue weighted by molar-refractivity contribution is -0.141. The Bertz CT molecular complexity index is 484. The second-order valence-electron chi connectivity index (χ2n) is 7.37. The number of nitrogens with zero attached hydrogens (tertiary/aromatic N) is 1. The number of aliphatic carboxylic acids is 1.